The number of aromatic hydroxyl groups is 2. The molecule has 0 spiro atoms. The van der Waals surface area contributed by atoms with E-state index >= 15 is 0 Å². The molecule has 1 amide bonds. The van der Waals surface area contributed by atoms with Crippen molar-refractivity contribution in [3.8, 4) is 11.5 Å². The van der Waals surface area contributed by atoms with Crippen LogP contribution in [-0.2, 0) is 6.42 Å². The zero-order valence-corrected chi connectivity index (χ0v) is 29.5. The van der Waals surface area contributed by atoms with Gasteiger partial charge in [0.25, 0.3) is 5.91 Å². The van der Waals surface area contributed by atoms with Crippen molar-refractivity contribution < 1.29 is 15.0 Å². The lowest BCUT2D eigenvalue weighted by atomic mass is 9.90. The monoisotopic (exact) mass is 707 g/mol. The Kier molecular flexibility index (Phi) is 9.39. The minimum Gasteiger partial charge on any atom is -0.505 e. The van der Waals surface area contributed by atoms with Crippen LogP contribution in [0.1, 0.15) is 61.4 Å². The molecule has 2 unspecified atom stereocenters. The predicted molar refractivity (Wildman–Crippen MR) is 213 cm³/mol. The van der Waals surface area contributed by atoms with Crippen molar-refractivity contribution in [3.63, 3.8) is 0 Å². The molecule has 8 rings (SSSR count). The van der Waals surface area contributed by atoms with Gasteiger partial charge in [0.15, 0.2) is 0 Å². The van der Waals surface area contributed by atoms with Gasteiger partial charge in [-0.15, -0.1) is 0 Å². The number of nitrogens with zero attached hydrogens (tertiary/aromatic N) is 3. The minimum atomic E-state index is -0.692. The number of pyridine rings is 3. The average molecular weight is 708 g/mol. The lowest BCUT2D eigenvalue weighted by Crippen LogP contribution is -2.30. The average Bonchev–Trinajstić information content (AvgIpc) is 3.21. The van der Waals surface area contributed by atoms with E-state index in [2.05, 4.69) is 31.7 Å². The van der Waals surface area contributed by atoms with Crippen LogP contribution in [0.2, 0.25) is 0 Å². The van der Waals surface area contributed by atoms with Gasteiger partial charge in [-0.05, 0) is 77.6 Å². The molecule has 3 aromatic heterocycles. The van der Waals surface area contributed by atoms with Crippen LogP contribution in [0.15, 0.2) is 158 Å². The molecule has 0 bridgehead atoms. The normalized spacial score (nSPS) is 12.3. The first-order valence-corrected chi connectivity index (χ1v) is 17.8. The van der Waals surface area contributed by atoms with E-state index in [1.165, 1.54) is 0 Å². The molecule has 5 aromatic carbocycles. The fraction of sp³-hybridized carbons (Fsp3) is 0.0870. The standard InChI is InChI=1S/C46H37N5O3/c1-29-12-5-6-18-35(29)46(54)51-41(37-22-21-32-17-10-24-48-42(32)44(37)52)33-16-9-13-30(26-33)27-34-28-38(45(53)43-36(34)19-11-25-49-43)40(31-14-3-2-4-15-31)50-39-20-7-8-23-47-39/h2-26,28,40-41,52-53H,27H2,1H3,(H,47,50)(H,51,54). The van der Waals surface area contributed by atoms with Crippen LogP contribution in [0, 0.1) is 6.92 Å². The van der Waals surface area contributed by atoms with Gasteiger partial charge in [0, 0.05) is 46.1 Å². The molecule has 0 fully saturated rings. The first-order valence-electron chi connectivity index (χ1n) is 17.8. The zero-order chi connectivity index (χ0) is 37.0. The van der Waals surface area contributed by atoms with E-state index < -0.39 is 12.1 Å². The summed E-state index contributed by atoms with van der Waals surface area (Å²) in [6, 6.07) is 43.3. The number of benzene rings is 5. The van der Waals surface area contributed by atoms with Crippen molar-refractivity contribution in [2.75, 3.05) is 5.32 Å². The highest BCUT2D eigenvalue weighted by molar-refractivity contribution is 5.96. The lowest BCUT2D eigenvalue weighted by molar-refractivity contribution is 0.0942. The van der Waals surface area contributed by atoms with E-state index in [1.807, 2.05) is 134 Å². The molecular weight excluding hydrogens is 671 g/mol. The van der Waals surface area contributed by atoms with E-state index in [-0.39, 0.29) is 17.4 Å². The Bertz CT molecular complexity index is 2610. The van der Waals surface area contributed by atoms with Gasteiger partial charge in [0.05, 0.1) is 12.1 Å². The molecule has 0 radical (unpaired) electrons. The molecule has 264 valence electrons. The largest absolute Gasteiger partial charge is 0.505 e. The van der Waals surface area contributed by atoms with E-state index in [9.17, 15) is 15.0 Å². The Morgan fingerprint density at radius 2 is 1.35 bits per heavy atom. The molecule has 0 aliphatic rings. The topological polar surface area (TPSA) is 120 Å². The number of anilines is 1. The molecule has 2 atom stereocenters. The summed E-state index contributed by atoms with van der Waals surface area (Å²) in [6.07, 6.45) is 5.56. The molecule has 0 aliphatic heterocycles. The molecular formula is C46H37N5O3. The van der Waals surface area contributed by atoms with E-state index in [0.717, 1.165) is 38.6 Å². The number of rotatable bonds is 10. The van der Waals surface area contributed by atoms with Gasteiger partial charge in [0.2, 0.25) is 0 Å². The van der Waals surface area contributed by atoms with Crippen molar-refractivity contribution >= 4 is 33.5 Å². The Labute approximate surface area is 312 Å². The number of carbonyl (C=O) groups is 1. The fourth-order valence-corrected chi connectivity index (χ4v) is 7.13. The fourth-order valence-electron chi connectivity index (χ4n) is 7.13. The summed E-state index contributed by atoms with van der Waals surface area (Å²) in [6.45, 7) is 1.90. The summed E-state index contributed by atoms with van der Waals surface area (Å²) >= 11 is 0. The predicted octanol–water partition coefficient (Wildman–Crippen LogP) is 9.21. The Balaban J connectivity index is 1.22. The Hall–Kier alpha value is -7.06. The van der Waals surface area contributed by atoms with Crippen molar-refractivity contribution in [3.05, 3.63) is 203 Å². The number of amides is 1. The smallest absolute Gasteiger partial charge is 0.252 e. The van der Waals surface area contributed by atoms with Crippen molar-refractivity contribution in [1.82, 2.24) is 20.3 Å². The van der Waals surface area contributed by atoms with E-state index in [1.54, 1.807) is 24.7 Å². The Morgan fingerprint density at radius 1 is 0.630 bits per heavy atom. The van der Waals surface area contributed by atoms with Crippen LogP contribution in [0.5, 0.6) is 11.5 Å². The number of hydrogen-bond acceptors (Lipinski definition) is 7. The number of phenolic OH excluding ortho intramolecular Hbond substituents is 2. The maximum atomic E-state index is 13.9. The van der Waals surface area contributed by atoms with Crippen LogP contribution in [-0.4, -0.2) is 31.1 Å². The molecule has 0 aliphatic carbocycles. The number of hydrogen-bond donors (Lipinski definition) is 4. The maximum absolute atomic E-state index is 13.9. The molecule has 0 saturated heterocycles. The lowest BCUT2D eigenvalue weighted by Gasteiger charge is -2.24. The highest BCUT2D eigenvalue weighted by Crippen LogP contribution is 2.40. The van der Waals surface area contributed by atoms with Crippen LogP contribution in [0.3, 0.4) is 0 Å². The van der Waals surface area contributed by atoms with Gasteiger partial charge in [-0.3, -0.25) is 14.8 Å². The van der Waals surface area contributed by atoms with Gasteiger partial charge in [-0.2, -0.15) is 0 Å². The molecule has 8 heteroatoms. The van der Waals surface area contributed by atoms with E-state index in [0.29, 0.717) is 40.0 Å². The number of fused-ring (bicyclic) bond motifs is 2. The molecule has 0 saturated carbocycles. The third-order valence-electron chi connectivity index (χ3n) is 9.82. The van der Waals surface area contributed by atoms with Gasteiger partial charge in [-0.1, -0.05) is 103 Å². The highest BCUT2D eigenvalue weighted by Gasteiger charge is 2.25. The number of aromatic nitrogens is 3. The summed E-state index contributed by atoms with van der Waals surface area (Å²) in [5.41, 5.74) is 7.25. The van der Waals surface area contributed by atoms with Gasteiger partial charge in [-0.25, -0.2) is 4.98 Å². The molecule has 8 aromatic rings. The van der Waals surface area contributed by atoms with Crippen molar-refractivity contribution in [2.45, 2.75) is 25.4 Å². The van der Waals surface area contributed by atoms with Gasteiger partial charge < -0.3 is 20.8 Å². The first kappa shape index (κ1) is 34.0. The number of carbonyl (C=O) groups excluding carboxylic acids is 1. The van der Waals surface area contributed by atoms with Crippen LogP contribution in [0.25, 0.3) is 21.8 Å². The van der Waals surface area contributed by atoms with Crippen molar-refractivity contribution in [1.29, 1.82) is 0 Å². The quantitative estimate of drug-likeness (QED) is 0.112. The summed E-state index contributed by atoms with van der Waals surface area (Å²) in [5.74, 6) is 0.532. The second kappa shape index (κ2) is 14.9. The van der Waals surface area contributed by atoms with E-state index in [4.69, 9.17) is 0 Å². The van der Waals surface area contributed by atoms with Crippen LogP contribution in [0.4, 0.5) is 5.82 Å². The second-order valence-corrected chi connectivity index (χ2v) is 13.3. The van der Waals surface area contributed by atoms with Crippen LogP contribution >= 0.6 is 0 Å². The zero-order valence-electron chi connectivity index (χ0n) is 29.5. The summed E-state index contributed by atoms with van der Waals surface area (Å²) in [7, 11) is 0. The molecule has 8 nitrogen and oxygen atoms in total. The van der Waals surface area contributed by atoms with Crippen LogP contribution < -0.4 is 10.6 Å². The van der Waals surface area contributed by atoms with Gasteiger partial charge >= 0.3 is 0 Å². The second-order valence-electron chi connectivity index (χ2n) is 13.3. The molecule has 4 N–H and O–H groups in total. The third-order valence-corrected chi connectivity index (χ3v) is 9.82. The van der Waals surface area contributed by atoms with Gasteiger partial charge in [0.1, 0.15) is 28.4 Å². The first-order chi connectivity index (χ1) is 26.4. The summed E-state index contributed by atoms with van der Waals surface area (Å²) in [5, 5.41) is 31.8. The maximum Gasteiger partial charge on any atom is 0.252 e. The number of phenols is 2. The summed E-state index contributed by atoms with van der Waals surface area (Å²) in [4.78, 5) is 27.5. The minimum absolute atomic E-state index is 0.0150. The summed E-state index contributed by atoms with van der Waals surface area (Å²) < 4.78 is 0. The highest BCUT2D eigenvalue weighted by atomic mass is 16.3. The SMILES string of the molecule is Cc1ccccc1C(=O)NC(c1cccc(Cc2cc(C(Nc3ccccn3)c3ccccc3)c(O)c3ncccc23)c1)c1ccc2cccnc2c1O. The molecule has 3 heterocycles. The Morgan fingerprint density at radius 3 is 2.17 bits per heavy atom. The van der Waals surface area contributed by atoms with Crippen molar-refractivity contribution in [2.24, 2.45) is 0 Å². The number of nitrogens with one attached hydrogen (secondary N) is 2. The number of aryl methyl sites for hydroxylation is 1. The molecule has 54 heavy (non-hydrogen) atoms. The third kappa shape index (κ3) is 6.80.